The predicted molar refractivity (Wildman–Crippen MR) is 135 cm³/mol. The Morgan fingerprint density at radius 3 is 2.32 bits per heavy atom. The second-order valence-electron chi connectivity index (χ2n) is 8.09. The molecule has 1 aromatic heterocycles. The van der Waals surface area contributed by atoms with Gasteiger partial charge in [0.15, 0.2) is 10.6 Å². The first-order chi connectivity index (χ1) is 16.5. The van der Waals surface area contributed by atoms with E-state index in [0.717, 1.165) is 46.9 Å². The average Bonchev–Trinajstić information content (AvgIpc) is 3.21. The average molecular weight is 485 g/mol. The zero-order valence-corrected chi connectivity index (χ0v) is 21.0. The maximum absolute atomic E-state index is 10.3. The third kappa shape index (κ3) is 4.63. The van der Waals surface area contributed by atoms with Gasteiger partial charge in [-0.15, -0.1) is 0 Å². The van der Waals surface area contributed by atoms with Gasteiger partial charge in [0, 0.05) is 30.8 Å². The number of nitrogens with zero attached hydrogens (tertiary/aromatic N) is 3. The molecule has 0 spiro atoms. The van der Waals surface area contributed by atoms with Gasteiger partial charge in [0.05, 0.1) is 37.8 Å². The monoisotopic (exact) mass is 484 g/mol. The normalized spacial score (nSPS) is 13.8. The summed E-state index contributed by atoms with van der Waals surface area (Å²) in [5, 5.41) is 17.8. The highest BCUT2D eigenvalue weighted by Crippen LogP contribution is 2.40. The van der Waals surface area contributed by atoms with Gasteiger partial charge in [-0.25, -0.2) is 0 Å². The van der Waals surface area contributed by atoms with Crippen LogP contribution in [0.15, 0.2) is 24.3 Å². The predicted octanol–water partition coefficient (Wildman–Crippen LogP) is 4.81. The van der Waals surface area contributed by atoms with Gasteiger partial charge in [-0.1, -0.05) is 6.92 Å². The number of aromatic amines is 1. The maximum Gasteiger partial charge on any atom is 0.200 e. The van der Waals surface area contributed by atoms with Gasteiger partial charge in [-0.2, -0.15) is 5.10 Å². The van der Waals surface area contributed by atoms with Gasteiger partial charge in [-0.05, 0) is 62.7 Å². The van der Waals surface area contributed by atoms with Gasteiger partial charge in [-0.3, -0.25) is 9.67 Å². The number of nitrogens with one attached hydrogen (secondary N) is 1. The van der Waals surface area contributed by atoms with Crippen molar-refractivity contribution in [1.29, 1.82) is 0 Å². The fourth-order valence-electron chi connectivity index (χ4n) is 4.27. The first-order valence-corrected chi connectivity index (χ1v) is 12.2. The minimum atomic E-state index is 0.285. The van der Waals surface area contributed by atoms with Gasteiger partial charge < -0.3 is 24.2 Å². The highest BCUT2D eigenvalue weighted by Gasteiger charge is 2.23. The summed E-state index contributed by atoms with van der Waals surface area (Å²) in [7, 11) is 0. The molecule has 0 unspecified atom stereocenters. The number of aromatic nitrogens is 3. The molecule has 1 saturated heterocycles. The van der Waals surface area contributed by atoms with Crippen LogP contribution in [-0.2, 0) is 11.2 Å². The molecule has 3 aromatic rings. The standard InChI is InChI=1S/C25H32N4O4S/c1-5-17-13-18(16(4)12-21(17)30)24-26-27-25(34)29(24)20-15-22(32-6-2)19(14-23(20)33-7-3)28-8-10-31-11-9-28/h12-15,30H,5-11H2,1-4H3,(H,27,34). The third-order valence-corrected chi connectivity index (χ3v) is 6.23. The number of H-pyrrole nitrogens is 1. The number of phenols is 1. The van der Waals surface area contributed by atoms with Crippen molar-refractivity contribution in [2.24, 2.45) is 0 Å². The lowest BCUT2D eigenvalue weighted by Gasteiger charge is -2.31. The van der Waals surface area contributed by atoms with E-state index >= 15 is 0 Å². The molecule has 2 N–H and O–H groups in total. The molecule has 4 rings (SSSR count). The Balaban J connectivity index is 1.92. The first kappa shape index (κ1) is 24.1. The van der Waals surface area contributed by atoms with Crippen LogP contribution < -0.4 is 14.4 Å². The summed E-state index contributed by atoms with van der Waals surface area (Å²) in [5.41, 5.74) is 4.37. The van der Waals surface area contributed by atoms with E-state index in [1.54, 1.807) is 6.07 Å². The molecule has 34 heavy (non-hydrogen) atoms. The minimum absolute atomic E-state index is 0.285. The Labute approximate surface area is 205 Å². The molecule has 0 radical (unpaired) electrons. The molecule has 2 heterocycles. The third-order valence-electron chi connectivity index (χ3n) is 5.95. The molecule has 0 amide bonds. The molecule has 9 heteroatoms. The second kappa shape index (κ2) is 10.5. The van der Waals surface area contributed by atoms with E-state index in [2.05, 4.69) is 15.1 Å². The molecular formula is C25H32N4O4S. The fourth-order valence-corrected chi connectivity index (χ4v) is 4.50. The lowest BCUT2D eigenvalue weighted by molar-refractivity contribution is 0.122. The SMILES string of the molecule is CCOc1cc(-n2c(-c3cc(CC)c(O)cc3C)n[nH]c2=S)c(OCC)cc1N1CCOCC1. The number of phenolic OH excluding ortho intramolecular Hbond substituents is 1. The van der Waals surface area contributed by atoms with E-state index in [4.69, 9.17) is 26.4 Å². The number of hydrogen-bond acceptors (Lipinski definition) is 7. The summed E-state index contributed by atoms with van der Waals surface area (Å²) in [6.07, 6.45) is 0.706. The molecule has 182 valence electrons. The number of anilines is 1. The molecule has 0 bridgehead atoms. The van der Waals surface area contributed by atoms with Crippen molar-refractivity contribution < 1.29 is 19.3 Å². The number of rotatable bonds is 8. The molecule has 1 aliphatic heterocycles. The van der Waals surface area contributed by atoms with Crippen molar-refractivity contribution in [3.05, 3.63) is 40.2 Å². The summed E-state index contributed by atoms with van der Waals surface area (Å²) in [6, 6.07) is 7.74. The van der Waals surface area contributed by atoms with E-state index < -0.39 is 0 Å². The van der Waals surface area contributed by atoms with E-state index in [1.807, 2.05) is 50.5 Å². The van der Waals surface area contributed by atoms with Crippen LogP contribution in [0, 0.1) is 11.7 Å². The smallest absolute Gasteiger partial charge is 0.200 e. The number of aryl methyl sites for hydroxylation is 2. The van der Waals surface area contributed by atoms with Crippen LogP contribution in [0.5, 0.6) is 17.2 Å². The maximum atomic E-state index is 10.3. The van der Waals surface area contributed by atoms with Gasteiger partial charge in [0.25, 0.3) is 0 Å². The first-order valence-electron chi connectivity index (χ1n) is 11.7. The van der Waals surface area contributed by atoms with Crippen LogP contribution >= 0.6 is 12.2 Å². The molecular weight excluding hydrogens is 452 g/mol. The fraction of sp³-hybridized carbons (Fsp3) is 0.440. The van der Waals surface area contributed by atoms with E-state index in [0.29, 0.717) is 49.2 Å². The second-order valence-corrected chi connectivity index (χ2v) is 8.48. The molecule has 0 atom stereocenters. The lowest BCUT2D eigenvalue weighted by Crippen LogP contribution is -2.36. The molecule has 0 aliphatic carbocycles. The van der Waals surface area contributed by atoms with Crippen molar-refractivity contribution in [2.45, 2.75) is 34.1 Å². The Bertz CT molecular complexity index is 1210. The van der Waals surface area contributed by atoms with Gasteiger partial charge >= 0.3 is 0 Å². The molecule has 0 saturated carbocycles. The van der Waals surface area contributed by atoms with Crippen LogP contribution in [0.2, 0.25) is 0 Å². The molecule has 1 aliphatic rings. The van der Waals surface area contributed by atoms with Crippen LogP contribution in [0.4, 0.5) is 5.69 Å². The highest BCUT2D eigenvalue weighted by molar-refractivity contribution is 7.71. The van der Waals surface area contributed by atoms with Crippen LogP contribution in [0.3, 0.4) is 0 Å². The largest absolute Gasteiger partial charge is 0.508 e. The van der Waals surface area contributed by atoms with E-state index in [1.165, 1.54) is 0 Å². The Kier molecular flexibility index (Phi) is 7.43. The summed E-state index contributed by atoms with van der Waals surface area (Å²) < 4.78 is 20.0. The summed E-state index contributed by atoms with van der Waals surface area (Å²) in [5.74, 6) is 2.39. The Hall–Kier alpha value is -3.04. The van der Waals surface area contributed by atoms with Crippen molar-refractivity contribution in [3.63, 3.8) is 0 Å². The Morgan fingerprint density at radius 1 is 1.03 bits per heavy atom. The molecule has 2 aromatic carbocycles. The van der Waals surface area contributed by atoms with E-state index in [9.17, 15) is 5.11 Å². The number of morpholine rings is 1. The van der Waals surface area contributed by atoms with Crippen molar-refractivity contribution in [3.8, 4) is 34.3 Å². The zero-order valence-electron chi connectivity index (χ0n) is 20.2. The molecule has 1 fully saturated rings. The highest BCUT2D eigenvalue weighted by atomic mass is 32.1. The van der Waals surface area contributed by atoms with Crippen molar-refractivity contribution in [2.75, 3.05) is 44.4 Å². The number of aromatic hydroxyl groups is 1. The number of hydrogen-bond donors (Lipinski definition) is 2. The van der Waals surface area contributed by atoms with Crippen LogP contribution in [-0.4, -0.2) is 59.4 Å². The van der Waals surface area contributed by atoms with Crippen molar-refractivity contribution in [1.82, 2.24) is 14.8 Å². The molecule has 8 nitrogen and oxygen atoms in total. The summed E-state index contributed by atoms with van der Waals surface area (Å²) in [6.45, 7) is 11.9. The lowest BCUT2D eigenvalue weighted by atomic mass is 10.0. The number of benzene rings is 2. The summed E-state index contributed by atoms with van der Waals surface area (Å²) >= 11 is 5.67. The van der Waals surface area contributed by atoms with Gasteiger partial charge in [0.2, 0.25) is 0 Å². The van der Waals surface area contributed by atoms with Crippen molar-refractivity contribution >= 4 is 17.9 Å². The minimum Gasteiger partial charge on any atom is -0.508 e. The summed E-state index contributed by atoms with van der Waals surface area (Å²) in [4.78, 5) is 2.26. The Morgan fingerprint density at radius 2 is 1.68 bits per heavy atom. The quantitative estimate of drug-likeness (QED) is 0.444. The van der Waals surface area contributed by atoms with Crippen LogP contribution in [0.25, 0.3) is 17.1 Å². The number of ether oxygens (including phenoxy) is 3. The van der Waals surface area contributed by atoms with Gasteiger partial charge in [0.1, 0.15) is 17.2 Å². The topological polar surface area (TPSA) is 84.8 Å². The van der Waals surface area contributed by atoms with Crippen LogP contribution in [0.1, 0.15) is 31.9 Å². The van der Waals surface area contributed by atoms with E-state index in [-0.39, 0.29) is 5.75 Å². The zero-order chi connectivity index (χ0) is 24.2.